The summed E-state index contributed by atoms with van der Waals surface area (Å²) < 4.78 is 9.39. The van der Waals surface area contributed by atoms with Crippen molar-refractivity contribution in [1.29, 1.82) is 0 Å². The maximum absolute atomic E-state index is 6.98. The summed E-state index contributed by atoms with van der Waals surface area (Å²) in [5.74, 6) is 0. The Labute approximate surface area is 337 Å². The summed E-state index contributed by atoms with van der Waals surface area (Å²) in [6, 6.07) is 62.5. The Bertz CT molecular complexity index is 3450. The van der Waals surface area contributed by atoms with Gasteiger partial charge in [0.25, 0.3) is 0 Å². The van der Waals surface area contributed by atoms with E-state index in [9.17, 15) is 0 Å². The number of anilines is 3. The monoisotopic (exact) mass is 744 g/mol. The number of aryl methyl sites for hydroxylation is 1. The molecule has 0 saturated heterocycles. The number of hydrogen-bond acceptors (Lipinski definition) is 2. The van der Waals surface area contributed by atoms with Crippen molar-refractivity contribution in [1.82, 2.24) is 4.57 Å². The molecule has 0 unspecified atom stereocenters. The molecule has 1 aliphatic rings. The summed E-state index contributed by atoms with van der Waals surface area (Å²) in [6.07, 6.45) is 0. The van der Waals surface area contributed by atoms with Crippen molar-refractivity contribution < 1.29 is 4.42 Å². The Balaban J connectivity index is 1.000. The van der Waals surface area contributed by atoms with Gasteiger partial charge in [0.1, 0.15) is 5.58 Å². The predicted molar refractivity (Wildman–Crippen MR) is 246 cm³/mol. The Morgan fingerprint density at radius 3 is 1.69 bits per heavy atom. The zero-order chi connectivity index (χ0) is 38.9. The first-order valence-corrected chi connectivity index (χ1v) is 20.3. The van der Waals surface area contributed by atoms with E-state index >= 15 is 0 Å². The first-order chi connectivity index (χ1) is 28.3. The maximum Gasteiger partial charge on any atom is 0.159 e. The molecule has 0 saturated carbocycles. The number of hydrogen-bond donors (Lipinski definition) is 0. The fourth-order valence-electron chi connectivity index (χ4n) is 9.68. The fraction of sp³-hybridized carbons (Fsp3) is 0.0909. The molecule has 0 fully saturated rings. The van der Waals surface area contributed by atoms with E-state index in [4.69, 9.17) is 4.42 Å². The topological polar surface area (TPSA) is 21.3 Å². The van der Waals surface area contributed by atoms with Crippen molar-refractivity contribution >= 4 is 82.4 Å². The van der Waals surface area contributed by atoms with Gasteiger partial charge in [0.15, 0.2) is 5.58 Å². The molecule has 2 heterocycles. The van der Waals surface area contributed by atoms with Crippen molar-refractivity contribution in [3.05, 3.63) is 181 Å². The molecule has 58 heavy (non-hydrogen) atoms. The summed E-state index contributed by atoms with van der Waals surface area (Å²) in [5, 5.41) is 9.80. The first-order valence-electron chi connectivity index (χ1n) is 20.3. The molecule has 0 bridgehead atoms. The van der Waals surface area contributed by atoms with Gasteiger partial charge in [-0.25, -0.2) is 0 Å². The lowest BCUT2D eigenvalue weighted by atomic mass is 9.78. The van der Waals surface area contributed by atoms with Gasteiger partial charge in [0.2, 0.25) is 0 Å². The molecular formula is C55H40N2O. The third kappa shape index (κ3) is 4.74. The van der Waals surface area contributed by atoms with Gasteiger partial charge in [0, 0.05) is 44.2 Å². The SMILES string of the molecule is Cc1ccc2c(oc3c(C(C)(C)C)cccc32)c1N(c1ccccc1)c1ccc2cc3c(cc2c1)-c1cc2cc(-n4c5ccccc5c5ccccc54)ccc2cc1-3. The predicted octanol–water partition coefficient (Wildman–Crippen LogP) is 15.7. The van der Waals surface area contributed by atoms with Gasteiger partial charge in [0.05, 0.1) is 16.7 Å². The lowest BCUT2D eigenvalue weighted by Crippen LogP contribution is -2.11. The molecule has 1 aliphatic carbocycles. The van der Waals surface area contributed by atoms with Crippen LogP contribution in [-0.2, 0) is 5.41 Å². The van der Waals surface area contributed by atoms with Crippen molar-refractivity contribution in [2.45, 2.75) is 33.1 Å². The zero-order valence-corrected chi connectivity index (χ0v) is 33.0. The highest BCUT2D eigenvalue weighted by Crippen LogP contribution is 2.52. The van der Waals surface area contributed by atoms with Crippen LogP contribution in [0.5, 0.6) is 0 Å². The van der Waals surface area contributed by atoms with Gasteiger partial charge in [-0.1, -0.05) is 118 Å². The molecule has 3 nitrogen and oxygen atoms in total. The minimum Gasteiger partial charge on any atom is -0.454 e. The molecule has 11 aromatic rings. The van der Waals surface area contributed by atoms with Crippen LogP contribution in [-0.4, -0.2) is 4.57 Å². The fourth-order valence-corrected chi connectivity index (χ4v) is 9.68. The van der Waals surface area contributed by atoms with Crippen LogP contribution >= 0.6 is 0 Å². The van der Waals surface area contributed by atoms with E-state index in [0.717, 1.165) is 44.6 Å². The zero-order valence-electron chi connectivity index (χ0n) is 33.0. The van der Waals surface area contributed by atoms with E-state index in [-0.39, 0.29) is 5.41 Å². The van der Waals surface area contributed by atoms with Crippen LogP contribution in [0.4, 0.5) is 17.1 Å². The van der Waals surface area contributed by atoms with Crippen LogP contribution in [0, 0.1) is 6.92 Å². The van der Waals surface area contributed by atoms with E-state index in [1.54, 1.807) is 0 Å². The van der Waals surface area contributed by atoms with Crippen LogP contribution in [0.2, 0.25) is 0 Å². The molecule has 276 valence electrons. The summed E-state index contributed by atoms with van der Waals surface area (Å²) in [4.78, 5) is 2.38. The lowest BCUT2D eigenvalue weighted by Gasteiger charge is -2.28. The molecule has 2 aromatic heterocycles. The second-order valence-corrected chi connectivity index (χ2v) is 17.0. The quantitative estimate of drug-likeness (QED) is 0.179. The molecule has 12 rings (SSSR count). The Kier molecular flexibility index (Phi) is 6.82. The van der Waals surface area contributed by atoms with Crippen LogP contribution in [0.1, 0.15) is 31.9 Å². The molecule has 9 aromatic carbocycles. The molecule has 0 amide bonds. The third-order valence-corrected chi connectivity index (χ3v) is 12.5. The summed E-state index contributed by atoms with van der Waals surface area (Å²) in [7, 11) is 0. The van der Waals surface area contributed by atoms with Crippen LogP contribution in [0.25, 0.3) is 93.2 Å². The Hall–Kier alpha value is -7.10. The van der Waals surface area contributed by atoms with Crippen LogP contribution in [0.3, 0.4) is 0 Å². The Morgan fingerprint density at radius 2 is 1.02 bits per heavy atom. The summed E-state index contributed by atoms with van der Waals surface area (Å²) >= 11 is 0. The average Bonchev–Trinajstić information content (AvgIpc) is 3.79. The molecule has 0 atom stereocenters. The van der Waals surface area contributed by atoms with Gasteiger partial charge in [-0.2, -0.15) is 0 Å². The minimum atomic E-state index is -0.0544. The van der Waals surface area contributed by atoms with E-state index in [1.165, 1.54) is 76.9 Å². The second-order valence-electron chi connectivity index (χ2n) is 17.0. The molecule has 0 spiro atoms. The second kappa shape index (κ2) is 12.0. The molecular weight excluding hydrogens is 705 g/mol. The molecule has 0 radical (unpaired) electrons. The van der Waals surface area contributed by atoms with Crippen LogP contribution < -0.4 is 4.90 Å². The lowest BCUT2D eigenvalue weighted by molar-refractivity contribution is 0.573. The average molecular weight is 745 g/mol. The highest BCUT2D eigenvalue weighted by Gasteiger charge is 2.27. The Morgan fingerprint density at radius 1 is 0.448 bits per heavy atom. The number of fused-ring (bicyclic) bond motifs is 12. The number of aromatic nitrogens is 1. The van der Waals surface area contributed by atoms with E-state index in [2.05, 4.69) is 207 Å². The summed E-state index contributed by atoms with van der Waals surface area (Å²) in [6.45, 7) is 8.96. The van der Waals surface area contributed by atoms with E-state index in [1.807, 2.05) is 0 Å². The molecule has 0 N–H and O–H groups in total. The van der Waals surface area contributed by atoms with E-state index in [0.29, 0.717) is 0 Å². The van der Waals surface area contributed by atoms with Crippen molar-refractivity contribution in [3.8, 4) is 27.9 Å². The summed E-state index contributed by atoms with van der Waals surface area (Å²) in [5.41, 5.74) is 16.4. The first kappa shape index (κ1) is 33.1. The molecule has 0 aliphatic heterocycles. The van der Waals surface area contributed by atoms with Gasteiger partial charge < -0.3 is 13.9 Å². The number of rotatable bonds is 4. The minimum absolute atomic E-state index is 0.0544. The number of furan rings is 1. The van der Waals surface area contributed by atoms with Gasteiger partial charge >= 0.3 is 0 Å². The smallest absolute Gasteiger partial charge is 0.159 e. The van der Waals surface area contributed by atoms with E-state index < -0.39 is 0 Å². The van der Waals surface area contributed by atoms with Crippen molar-refractivity contribution in [3.63, 3.8) is 0 Å². The van der Waals surface area contributed by atoms with Gasteiger partial charge in [-0.05, 0) is 134 Å². The highest BCUT2D eigenvalue weighted by molar-refractivity contribution is 6.15. The highest BCUT2D eigenvalue weighted by atomic mass is 16.3. The number of nitrogens with zero attached hydrogens (tertiary/aromatic N) is 2. The normalized spacial score (nSPS) is 12.5. The van der Waals surface area contributed by atoms with Crippen molar-refractivity contribution in [2.75, 3.05) is 4.90 Å². The number of benzene rings is 9. The largest absolute Gasteiger partial charge is 0.454 e. The molecule has 3 heteroatoms. The van der Waals surface area contributed by atoms with Crippen molar-refractivity contribution in [2.24, 2.45) is 0 Å². The van der Waals surface area contributed by atoms with Crippen LogP contribution in [0.15, 0.2) is 174 Å². The standard InChI is InChI=1S/C55H40N2O/c1-33-21-26-44-43-17-12-18-49(55(2,3)4)53(43)58-54(44)52(33)56(38-13-6-5-7-14-38)39-24-22-34-29-45-46-30-35-23-25-40(28-37(35)32-48(46)47(45)31-36(34)27-39)57-50-19-10-8-15-41(50)42-16-9-11-20-51(42)57/h5-32H,1-4H3. The number of para-hydroxylation sites is 4. The maximum atomic E-state index is 6.98. The van der Waals surface area contributed by atoms with Gasteiger partial charge in [-0.15, -0.1) is 0 Å². The third-order valence-electron chi connectivity index (χ3n) is 12.5. The van der Waals surface area contributed by atoms with Gasteiger partial charge in [-0.3, -0.25) is 0 Å².